The molecule has 128 valence electrons. The van der Waals surface area contributed by atoms with E-state index in [0.717, 1.165) is 5.39 Å². The summed E-state index contributed by atoms with van der Waals surface area (Å²) in [4.78, 5) is 17.2. The Morgan fingerprint density at radius 3 is 2.62 bits per heavy atom. The summed E-state index contributed by atoms with van der Waals surface area (Å²) in [6.45, 7) is -0.936. The van der Waals surface area contributed by atoms with Gasteiger partial charge in [-0.25, -0.2) is 4.98 Å². The number of para-hydroxylation sites is 1. The quantitative estimate of drug-likeness (QED) is 0.894. The van der Waals surface area contributed by atoms with Gasteiger partial charge in [0, 0.05) is 24.0 Å². The highest BCUT2D eigenvalue weighted by molar-refractivity contribution is 5.83. The molecular weight excluding hydrogens is 323 g/mol. The number of fused-ring (bicyclic) bond motifs is 1. The Hall–Kier alpha value is -2.35. The first-order chi connectivity index (χ1) is 11.3. The van der Waals surface area contributed by atoms with Crippen molar-refractivity contribution in [2.45, 2.75) is 12.8 Å². The van der Waals surface area contributed by atoms with E-state index in [-0.39, 0.29) is 19.0 Å². The number of aliphatic hydroxyl groups excluding tert-OH is 1. The van der Waals surface area contributed by atoms with Gasteiger partial charge in [0.25, 0.3) is 0 Å². The zero-order valence-electron chi connectivity index (χ0n) is 12.6. The number of aromatic nitrogens is 1. The highest BCUT2D eigenvalue weighted by Crippen LogP contribution is 2.39. The fourth-order valence-corrected chi connectivity index (χ4v) is 3.14. The second-order valence-corrected chi connectivity index (χ2v) is 5.88. The summed E-state index contributed by atoms with van der Waals surface area (Å²) in [5.41, 5.74) is 6.17. The molecule has 1 amide bonds. The molecule has 0 saturated carbocycles. The van der Waals surface area contributed by atoms with E-state index >= 15 is 0 Å². The molecule has 1 fully saturated rings. The minimum atomic E-state index is -4.52. The fourth-order valence-electron chi connectivity index (χ4n) is 3.14. The third-order valence-corrected chi connectivity index (χ3v) is 4.36. The van der Waals surface area contributed by atoms with Gasteiger partial charge >= 0.3 is 6.18 Å². The molecule has 1 aliphatic rings. The Kier molecular flexibility index (Phi) is 4.08. The molecule has 2 atom stereocenters. The SMILES string of the molecule is NC(=O)[C@@H]1CN(c2nc3ccccc3cc2CO)C[C@H]1C(F)(F)F. The van der Waals surface area contributed by atoms with Gasteiger partial charge in [0.2, 0.25) is 5.91 Å². The molecule has 0 unspecified atom stereocenters. The molecule has 5 nitrogen and oxygen atoms in total. The number of carbonyl (C=O) groups is 1. The standard InChI is InChI=1S/C16H16F3N3O2/c17-16(18,19)12-7-22(6-11(12)14(20)24)15-10(8-23)5-9-3-1-2-4-13(9)21-15/h1-5,11-12,23H,6-8H2,(H2,20,24)/t11-,12-/m1/s1. The monoisotopic (exact) mass is 339 g/mol. The molecule has 24 heavy (non-hydrogen) atoms. The van der Waals surface area contributed by atoms with Crippen molar-refractivity contribution >= 4 is 22.6 Å². The molecule has 3 rings (SSSR count). The molecular formula is C16H16F3N3O2. The highest BCUT2D eigenvalue weighted by atomic mass is 19.4. The molecule has 0 spiro atoms. The third kappa shape index (κ3) is 2.89. The molecule has 1 aromatic carbocycles. The number of pyridine rings is 1. The van der Waals surface area contributed by atoms with E-state index < -0.39 is 30.5 Å². The molecule has 0 aliphatic carbocycles. The van der Waals surface area contributed by atoms with Gasteiger partial charge in [-0.05, 0) is 12.1 Å². The Bertz CT molecular complexity index is 779. The third-order valence-electron chi connectivity index (χ3n) is 4.36. The number of rotatable bonds is 3. The Balaban J connectivity index is 2.02. The lowest BCUT2D eigenvalue weighted by Crippen LogP contribution is -2.37. The molecule has 2 aromatic rings. The van der Waals surface area contributed by atoms with E-state index in [1.807, 2.05) is 6.07 Å². The lowest BCUT2D eigenvalue weighted by Gasteiger charge is -2.21. The van der Waals surface area contributed by atoms with E-state index in [0.29, 0.717) is 11.1 Å². The molecule has 1 aromatic heterocycles. The number of hydrogen-bond donors (Lipinski definition) is 2. The number of amides is 1. The smallest absolute Gasteiger partial charge is 0.392 e. The first kappa shape index (κ1) is 16.5. The summed E-state index contributed by atoms with van der Waals surface area (Å²) in [6, 6.07) is 8.82. The number of benzene rings is 1. The topological polar surface area (TPSA) is 79.5 Å². The number of primary amides is 1. The molecule has 0 bridgehead atoms. The maximum Gasteiger partial charge on any atom is 0.394 e. The van der Waals surface area contributed by atoms with E-state index in [9.17, 15) is 23.1 Å². The van der Waals surface area contributed by atoms with Gasteiger partial charge in [0.15, 0.2) is 0 Å². The Morgan fingerprint density at radius 1 is 1.33 bits per heavy atom. The molecule has 1 saturated heterocycles. The predicted octanol–water partition coefficient (Wildman–Crippen LogP) is 1.83. The van der Waals surface area contributed by atoms with Crippen molar-refractivity contribution in [1.82, 2.24) is 4.98 Å². The second kappa shape index (κ2) is 5.94. The van der Waals surface area contributed by atoms with Gasteiger partial charge in [-0.15, -0.1) is 0 Å². The maximum atomic E-state index is 13.2. The van der Waals surface area contributed by atoms with Crippen LogP contribution in [0.3, 0.4) is 0 Å². The van der Waals surface area contributed by atoms with Crippen molar-refractivity contribution in [2.75, 3.05) is 18.0 Å². The van der Waals surface area contributed by atoms with Gasteiger partial charge < -0.3 is 15.7 Å². The van der Waals surface area contributed by atoms with Crippen LogP contribution in [0.1, 0.15) is 5.56 Å². The van der Waals surface area contributed by atoms with E-state index in [2.05, 4.69) is 4.98 Å². The van der Waals surface area contributed by atoms with E-state index in [4.69, 9.17) is 5.73 Å². The normalized spacial score (nSPS) is 21.4. The number of carbonyl (C=O) groups excluding carboxylic acids is 1. The predicted molar refractivity (Wildman–Crippen MR) is 82.1 cm³/mol. The molecule has 8 heteroatoms. The minimum Gasteiger partial charge on any atom is -0.392 e. The van der Waals surface area contributed by atoms with E-state index in [1.54, 1.807) is 24.3 Å². The lowest BCUT2D eigenvalue weighted by molar-refractivity contribution is -0.181. The summed E-state index contributed by atoms with van der Waals surface area (Å²) in [6.07, 6.45) is -4.52. The number of nitrogens with zero attached hydrogens (tertiary/aromatic N) is 2. The van der Waals surface area contributed by atoms with Crippen LogP contribution >= 0.6 is 0 Å². The van der Waals surface area contributed by atoms with E-state index in [1.165, 1.54) is 4.90 Å². The zero-order valence-corrected chi connectivity index (χ0v) is 12.6. The van der Waals surface area contributed by atoms with Gasteiger partial charge in [-0.1, -0.05) is 18.2 Å². The van der Waals surface area contributed by atoms with Crippen LogP contribution in [-0.4, -0.2) is 35.3 Å². The summed E-state index contributed by atoms with van der Waals surface area (Å²) < 4.78 is 39.6. The van der Waals surface area contributed by atoms with Crippen molar-refractivity contribution in [3.8, 4) is 0 Å². The Morgan fingerprint density at radius 2 is 2.04 bits per heavy atom. The average Bonchev–Trinajstić information content (AvgIpc) is 2.99. The van der Waals surface area contributed by atoms with Crippen LogP contribution in [0.4, 0.5) is 19.0 Å². The number of alkyl halides is 3. The van der Waals surface area contributed by atoms with Gasteiger partial charge in [0.05, 0.1) is 24.0 Å². The zero-order chi connectivity index (χ0) is 17.5. The van der Waals surface area contributed by atoms with Crippen molar-refractivity contribution in [3.63, 3.8) is 0 Å². The first-order valence-corrected chi connectivity index (χ1v) is 7.41. The molecule has 2 heterocycles. The van der Waals surface area contributed by atoms with Crippen molar-refractivity contribution in [3.05, 3.63) is 35.9 Å². The van der Waals surface area contributed by atoms with Crippen molar-refractivity contribution < 1.29 is 23.1 Å². The highest BCUT2D eigenvalue weighted by Gasteiger charge is 2.52. The van der Waals surface area contributed by atoms with Crippen LogP contribution in [-0.2, 0) is 11.4 Å². The van der Waals surface area contributed by atoms with Crippen LogP contribution in [0.2, 0.25) is 0 Å². The lowest BCUT2D eigenvalue weighted by atomic mass is 9.95. The average molecular weight is 339 g/mol. The summed E-state index contributed by atoms with van der Waals surface area (Å²) in [5.74, 6) is -3.89. The summed E-state index contributed by atoms with van der Waals surface area (Å²) in [5, 5.41) is 10.3. The second-order valence-electron chi connectivity index (χ2n) is 5.88. The Labute approximate surface area is 135 Å². The minimum absolute atomic E-state index is 0.169. The fraction of sp³-hybridized carbons (Fsp3) is 0.375. The molecule has 0 radical (unpaired) electrons. The van der Waals surface area contributed by atoms with Crippen LogP contribution in [0, 0.1) is 11.8 Å². The maximum absolute atomic E-state index is 13.2. The van der Waals surface area contributed by atoms with Crippen LogP contribution < -0.4 is 10.6 Å². The number of aliphatic hydroxyl groups is 1. The van der Waals surface area contributed by atoms with Crippen LogP contribution in [0.15, 0.2) is 30.3 Å². The van der Waals surface area contributed by atoms with Gasteiger partial charge in [-0.2, -0.15) is 13.2 Å². The molecule has 3 N–H and O–H groups in total. The van der Waals surface area contributed by atoms with Gasteiger partial charge in [0.1, 0.15) is 5.82 Å². The van der Waals surface area contributed by atoms with Crippen LogP contribution in [0.25, 0.3) is 10.9 Å². The first-order valence-electron chi connectivity index (χ1n) is 7.41. The van der Waals surface area contributed by atoms with Crippen molar-refractivity contribution in [2.24, 2.45) is 17.6 Å². The number of anilines is 1. The summed E-state index contributed by atoms with van der Waals surface area (Å²) in [7, 11) is 0. The largest absolute Gasteiger partial charge is 0.394 e. The molecule has 1 aliphatic heterocycles. The number of hydrogen-bond acceptors (Lipinski definition) is 4. The summed E-state index contributed by atoms with van der Waals surface area (Å²) >= 11 is 0. The number of nitrogens with two attached hydrogens (primary N) is 1. The van der Waals surface area contributed by atoms with Gasteiger partial charge in [-0.3, -0.25) is 4.79 Å². The van der Waals surface area contributed by atoms with Crippen molar-refractivity contribution in [1.29, 1.82) is 0 Å². The number of halogens is 3. The van der Waals surface area contributed by atoms with Crippen LogP contribution in [0.5, 0.6) is 0 Å².